The zero-order chi connectivity index (χ0) is 17.2. The number of hydrogen-bond acceptors (Lipinski definition) is 5. The van der Waals surface area contributed by atoms with Crippen molar-refractivity contribution in [3.8, 4) is 0 Å². The number of allylic oxidation sites excluding steroid dienone is 2. The van der Waals surface area contributed by atoms with Crippen molar-refractivity contribution in [3.63, 3.8) is 0 Å². The van der Waals surface area contributed by atoms with Crippen LogP contribution in [0.25, 0.3) is 0 Å². The summed E-state index contributed by atoms with van der Waals surface area (Å²) in [6, 6.07) is 9.02. The Morgan fingerprint density at radius 1 is 1.42 bits per heavy atom. The maximum absolute atomic E-state index is 12.5. The van der Waals surface area contributed by atoms with E-state index in [-0.39, 0.29) is 12.6 Å². The standard InChI is InChI=1S/C17H20N4O3/c1-2-3-10-18-21-12-14(21)19-15(22)17(24)9-11-20(16(17)23)13-7-5-4-6-8-13/h2-8,10,14,24H,9,11-12H2,1H3,(H,19,22)/b3-2-,18-10-/t14?,17-,21?/m0/s1. The maximum Gasteiger partial charge on any atom is 0.268 e. The number of benzene rings is 1. The van der Waals surface area contributed by atoms with E-state index < -0.39 is 17.4 Å². The van der Waals surface area contributed by atoms with Crippen molar-refractivity contribution in [1.29, 1.82) is 0 Å². The second-order valence-corrected chi connectivity index (χ2v) is 5.80. The molecule has 0 saturated carbocycles. The quantitative estimate of drug-likeness (QED) is 0.468. The van der Waals surface area contributed by atoms with Crippen LogP contribution in [0.3, 0.4) is 0 Å². The minimum absolute atomic E-state index is 0.0706. The SMILES string of the molecule is C/C=C\C=N/N1CC1NC(=O)[C@@]1(O)CCN(c2ccccc2)C1=O. The number of carbonyl (C=O) groups is 2. The van der Waals surface area contributed by atoms with Gasteiger partial charge in [0.2, 0.25) is 5.60 Å². The highest BCUT2D eigenvalue weighted by Crippen LogP contribution is 2.29. The first-order valence-electron chi connectivity index (χ1n) is 7.88. The van der Waals surface area contributed by atoms with Crippen LogP contribution in [0.5, 0.6) is 0 Å². The summed E-state index contributed by atoms with van der Waals surface area (Å²) in [4.78, 5) is 26.3. The number of rotatable bonds is 5. The maximum atomic E-state index is 12.5. The van der Waals surface area contributed by atoms with Gasteiger partial charge in [-0.25, -0.2) is 0 Å². The second-order valence-electron chi connectivity index (χ2n) is 5.80. The third kappa shape index (κ3) is 3.03. The number of amides is 2. The molecule has 0 spiro atoms. The Morgan fingerprint density at radius 2 is 2.17 bits per heavy atom. The Hall–Kier alpha value is -2.67. The van der Waals surface area contributed by atoms with Gasteiger partial charge in [-0.3, -0.25) is 14.6 Å². The number of hydrazone groups is 1. The molecule has 1 aromatic rings. The fraction of sp³-hybridized carbons (Fsp3) is 0.353. The summed E-state index contributed by atoms with van der Waals surface area (Å²) in [6.07, 6.45) is 5.04. The average molecular weight is 328 g/mol. The Labute approximate surface area is 140 Å². The Kier molecular flexibility index (Phi) is 4.35. The van der Waals surface area contributed by atoms with Crippen molar-refractivity contribution < 1.29 is 14.7 Å². The Bertz CT molecular complexity index is 688. The predicted octanol–water partition coefficient (Wildman–Crippen LogP) is 0.474. The van der Waals surface area contributed by atoms with Crippen molar-refractivity contribution in [1.82, 2.24) is 10.3 Å². The van der Waals surface area contributed by atoms with E-state index in [2.05, 4.69) is 10.4 Å². The van der Waals surface area contributed by atoms with E-state index in [0.717, 1.165) is 0 Å². The summed E-state index contributed by atoms with van der Waals surface area (Å²) < 4.78 is 0. The lowest BCUT2D eigenvalue weighted by Crippen LogP contribution is -2.53. The van der Waals surface area contributed by atoms with Gasteiger partial charge in [-0.1, -0.05) is 24.3 Å². The highest BCUT2D eigenvalue weighted by molar-refractivity contribution is 6.16. The first-order chi connectivity index (χ1) is 11.6. The number of nitrogens with one attached hydrogen (secondary N) is 1. The van der Waals surface area contributed by atoms with Crippen LogP contribution < -0.4 is 10.2 Å². The molecule has 0 aliphatic carbocycles. The van der Waals surface area contributed by atoms with Crippen molar-refractivity contribution in [2.24, 2.45) is 5.10 Å². The molecule has 126 valence electrons. The summed E-state index contributed by atoms with van der Waals surface area (Å²) in [5.74, 6) is -1.25. The van der Waals surface area contributed by atoms with E-state index in [1.807, 2.05) is 31.2 Å². The molecule has 2 N–H and O–H groups in total. The van der Waals surface area contributed by atoms with Crippen LogP contribution in [0.15, 0.2) is 47.6 Å². The predicted molar refractivity (Wildman–Crippen MR) is 90.3 cm³/mol. The van der Waals surface area contributed by atoms with E-state index in [1.54, 1.807) is 29.4 Å². The Morgan fingerprint density at radius 3 is 2.88 bits per heavy atom. The van der Waals surface area contributed by atoms with E-state index in [0.29, 0.717) is 18.8 Å². The third-order valence-electron chi connectivity index (χ3n) is 4.12. The van der Waals surface area contributed by atoms with Gasteiger partial charge in [0.1, 0.15) is 6.17 Å². The van der Waals surface area contributed by atoms with Gasteiger partial charge >= 0.3 is 0 Å². The number of para-hydroxylation sites is 1. The molecule has 2 atom stereocenters. The van der Waals surface area contributed by atoms with Gasteiger partial charge in [-0.15, -0.1) is 0 Å². The zero-order valence-corrected chi connectivity index (χ0v) is 13.4. The van der Waals surface area contributed by atoms with Gasteiger partial charge < -0.3 is 15.3 Å². The molecule has 7 heteroatoms. The first kappa shape index (κ1) is 16.2. The molecule has 2 fully saturated rings. The lowest BCUT2D eigenvalue weighted by molar-refractivity contribution is -0.149. The smallest absolute Gasteiger partial charge is 0.268 e. The molecule has 0 radical (unpaired) electrons. The van der Waals surface area contributed by atoms with Crippen molar-refractivity contribution in [2.75, 3.05) is 18.0 Å². The van der Waals surface area contributed by atoms with Crippen LogP contribution in [0.4, 0.5) is 5.69 Å². The van der Waals surface area contributed by atoms with Gasteiger partial charge in [-0.2, -0.15) is 5.10 Å². The van der Waals surface area contributed by atoms with Crippen molar-refractivity contribution in [3.05, 3.63) is 42.5 Å². The van der Waals surface area contributed by atoms with Gasteiger partial charge in [0.15, 0.2) is 0 Å². The van der Waals surface area contributed by atoms with Gasteiger partial charge in [0.05, 0.1) is 6.54 Å². The molecular formula is C17H20N4O3. The topological polar surface area (TPSA) is 85.0 Å². The van der Waals surface area contributed by atoms with Crippen LogP contribution >= 0.6 is 0 Å². The molecule has 2 amide bonds. The molecule has 3 rings (SSSR count). The fourth-order valence-corrected chi connectivity index (χ4v) is 2.63. The molecular weight excluding hydrogens is 308 g/mol. The molecule has 2 aliphatic rings. The third-order valence-corrected chi connectivity index (χ3v) is 4.12. The molecule has 2 aliphatic heterocycles. The van der Waals surface area contributed by atoms with Crippen LogP contribution in [-0.2, 0) is 9.59 Å². The highest BCUT2D eigenvalue weighted by Gasteiger charge is 2.53. The monoisotopic (exact) mass is 328 g/mol. The van der Waals surface area contributed by atoms with Gasteiger partial charge in [0, 0.05) is 24.9 Å². The lowest BCUT2D eigenvalue weighted by atomic mass is 10.0. The minimum atomic E-state index is -2.02. The van der Waals surface area contributed by atoms with Crippen LogP contribution in [0.2, 0.25) is 0 Å². The van der Waals surface area contributed by atoms with E-state index >= 15 is 0 Å². The largest absolute Gasteiger partial charge is 0.372 e. The molecule has 0 bridgehead atoms. The van der Waals surface area contributed by atoms with Gasteiger partial charge in [0.25, 0.3) is 11.8 Å². The van der Waals surface area contributed by atoms with E-state index in [9.17, 15) is 14.7 Å². The molecule has 2 heterocycles. The minimum Gasteiger partial charge on any atom is -0.372 e. The number of anilines is 1. The van der Waals surface area contributed by atoms with Crippen LogP contribution in [-0.4, -0.2) is 53.0 Å². The molecule has 1 unspecified atom stereocenters. The second kappa shape index (κ2) is 6.45. The lowest BCUT2D eigenvalue weighted by Gasteiger charge is -2.21. The molecule has 2 saturated heterocycles. The summed E-state index contributed by atoms with van der Waals surface area (Å²) in [6.45, 7) is 2.75. The molecule has 1 aromatic carbocycles. The van der Waals surface area contributed by atoms with E-state index in [4.69, 9.17) is 0 Å². The van der Waals surface area contributed by atoms with E-state index in [1.165, 1.54) is 4.90 Å². The molecule has 24 heavy (non-hydrogen) atoms. The number of nitrogens with zero attached hydrogens (tertiary/aromatic N) is 3. The average Bonchev–Trinajstić information content (AvgIpc) is 3.25. The number of carbonyl (C=O) groups excluding carboxylic acids is 2. The fourth-order valence-electron chi connectivity index (χ4n) is 2.63. The summed E-state index contributed by atoms with van der Waals surface area (Å²) in [7, 11) is 0. The van der Waals surface area contributed by atoms with Crippen molar-refractivity contribution >= 4 is 23.7 Å². The number of aliphatic hydroxyl groups is 1. The van der Waals surface area contributed by atoms with Gasteiger partial charge in [-0.05, 0) is 25.1 Å². The zero-order valence-electron chi connectivity index (χ0n) is 13.4. The normalized spacial score (nSPS) is 26.6. The first-order valence-corrected chi connectivity index (χ1v) is 7.88. The van der Waals surface area contributed by atoms with Crippen LogP contribution in [0.1, 0.15) is 13.3 Å². The summed E-state index contributed by atoms with van der Waals surface area (Å²) in [5, 5.41) is 19.0. The summed E-state index contributed by atoms with van der Waals surface area (Å²) >= 11 is 0. The Balaban J connectivity index is 1.62. The summed E-state index contributed by atoms with van der Waals surface area (Å²) in [5.41, 5.74) is -1.34. The highest BCUT2D eigenvalue weighted by atomic mass is 16.3. The molecule has 0 aromatic heterocycles. The number of hydrogen-bond donors (Lipinski definition) is 2. The van der Waals surface area contributed by atoms with Crippen molar-refractivity contribution in [2.45, 2.75) is 25.1 Å². The molecule has 7 nitrogen and oxygen atoms in total. The van der Waals surface area contributed by atoms with Crippen LogP contribution in [0, 0.1) is 0 Å².